The standard InChI is InChI=1S/2C41H53F3N4O9S/c2*1-7-48-36(52)29-15-11-10-14-28(29)34(45-48)56-27-19-31-32(49)22-40(37(53)46-58(54,55)39(6)16-17-39)21-26(40)13-9-8-12-24(2)18-25(3)30(35(51)47(31)23-27)20-33(50)57-38(4,5)41(42,43)44/h2*9-11,13-15,24-27,30-31H,7-8,12,16-23H2,1-6H3,(H,46,53)/b2*13-9-/t24-,25+,26+,27+,30-,31-,40+;24-,25-,26-,27-,30+,31+,40-/m01/s1. The number of alkyl halides is 6. The topological polar surface area (TPSA) is 342 Å². The quantitative estimate of drug-likeness (QED) is 0.0531. The number of Topliss-reactive ketones (excluding diaryl/α,β-unsaturated/α-hetero) is 2. The molecular weight excluding hydrogens is 1560 g/mol. The Bertz CT molecular complexity index is 4640. The summed E-state index contributed by atoms with van der Waals surface area (Å²) in [5.74, 6) is -10.6. The summed E-state index contributed by atoms with van der Waals surface area (Å²) in [6.07, 6.45) is -1.07. The van der Waals surface area contributed by atoms with E-state index < -0.39 is 197 Å². The number of carbonyl (C=O) groups excluding carboxylic acids is 8. The highest BCUT2D eigenvalue weighted by atomic mass is 32.2. The number of fused-ring (bicyclic) bond motifs is 6. The minimum absolute atomic E-state index is 0.0000869. The third-order valence-corrected chi connectivity index (χ3v) is 29.6. The van der Waals surface area contributed by atoms with Crippen molar-refractivity contribution in [1.29, 1.82) is 0 Å². The van der Waals surface area contributed by atoms with E-state index in [9.17, 15) is 91.1 Å². The molecule has 0 unspecified atom stereocenters. The van der Waals surface area contributed by atoms with Crippen molar-refractivity contribution in [2.45, 2.75) is 269 Å². The summed E-state index contributed by atoms with van der Waals surface area (Å²) in [5, 5.41) is 10.3. The zero-order chi connectivity index (χ0) is 85.2. The third kappa shape index (κ3) is 18.5. The predicted molar refractivity (Wildman–Crippen MR) is 413 cm³/mol. The normalized spacial score (nSPS) is 29.7. The lowest BCUT2D eigenvalue weighted by Crippen LogP contribution is -2.48. The summed E-state index contributed by atoms with van der Waals surface area (Å²) in [7, 11) is -8.09. The van der Waals surface area contributed by atoms with Crippen molar-refractivity contribution in [3.8, 4) is 11.8 Å². The van der Waals surface area contributed by atoms with Gasteiger partial charge in [0.1, 0.15) is 12.2 Å². The number of ether oxygens (including phenoxy) is 4. The number of rotatable bonds is 18. The second-order valence-corrected chi connectivity index (χ2v) is 39.5. The SMILES string of the molecule is CCn1nc(O[C@@H]2C[C@H]3C(=O)C[C@]4(C(=O)NS(=O)(=O)C5(C)CC5)C[C@H]4/C=C\CC[C@@H](C)C[C@@H](C)[C@H](CC(=O)OC(C)(C)C(F)(F)F)C(=O)N3C2)c2ccccc2c1=O.CCn1nc(O[C@@H]2C[C@H]3C(=O)C[C@]4(C(=O)NS(=O)(=O)C5(C)CC5)C[C@H]4/C=C\CC[C@H](C)C[C@@H](C)[C@H](CC(=O)OC(C)(C)C(F)(F)F)C(=O)N3C2)c2ccccc2c1=O. The van der Waals surface area contributed by atoms with Crippen molar-refractivity contribution in [2.24, 2.45) is 58.2 Å². The van der Waals surface area contributed by atoms with Gasteiger partial charge in [-0.2, -0.15) is 26.3 Å². The highest BCUT2D eigenvalue weighted by Gasteiger charge is 2.65. The lowest BCUT2D eigenvalue weighted by Gasteiger charge is -2.33. The molecule has 8 aliphatic rings. The van der Waals surface area contributed by atoms with E-state index in [1.54, 1.807) is 90.1 Å². The van der Waals surface area contributed by atoms with Crippen LogP contribution in [0, 0.1) is 58.2 Å². The Morgan fingerprint density at radius 1 is 0.526 bits per heavy atom. The molecule has 6 heterocycles. The van der Waals surface area contributed by atoms with E-state index in [1.165, 1.54) is 19.2 Å². The number of amides is 4. The van der Waals surface area contributed by atoms with Gasteiger partial charge in [0, 0.05) is 38.8 Å². The summed E-state index contributed by atoms with van der Waals surface area (Å²) in [6.45, 7) is 17.0. The lowest BCUT2D eigenvalue weighted by molar-refractivity contribution is -0.257. The molecule has 4 amide bonds. The van der Waals surface area contributed by atoms with Gasteiger partial charge in [-0.1, -0.05) is 76.3 Å². The molecule has 0 radical (unpaired) electrons. The van der Waals surface area contributed by atoms with E-state index in [0.29, 0.717) is 85.8 Å². The van der Waals surface area contributed by atoms with Crippen LogP contribution in [0.1, 0.15) is 199 Å². The zero-order valence-corrected chi connectivity index (χ0v) is 69.2. The average Bonchev–Trinajstić information content (AvgIpc) is 1.57. The summed E-state index contributed by atoms with van der Waals surface area (Å²) in [6, 6.07) is 11.0. The number of halogens is 6. The van der Waals surface area contributed by atoms with Gasteiger partial charge in [0.15, 0.2) is 11.6 Å². The number of esters is 2. The molecular formula is C82H106F6N8O18S2. The molecule has 12 rings (SSSR count). The molecule has 4 aliphatic carbocycles. The molecule has 4 aliphatic heterocycles. The fourth-order valence-corrected chi connectivity index (χ4v) is 19.3. The fourth-order valence-electron chi connectivity index (χ4n) is 16.6. The smallest absolute Gasteiger partial charge is 0.427 e. The van der Waals surface area contributed by atoms with Gasteiger partial charge >= 0.3 is 24.3 Å². The zero-order valence-electron chi connectivity index (χ0n) is 67.5. The van der Waals surface area contributed by atoms with Gasteiger partial charge in [-0.05, 0) is 192 Å². The van der Waals surface area contributed by atoms with E-state index in [4.69, 9.17) is 18.9 Å². The molecule has 0 spiro atoms. The number of hydrogen-bond acceptors (Lipinski definition) is 20. The molecule has 2 N–H and O–H groups in total. The van der Waals surface area contributed by atoms with E-state index in [1.807, 2.05) is 38.2 Å². The van der Waals surface area contributed by atoms with Crippen LogP contribution in [0.4, 0.5) is 26.3 Å². The number of hydrogen-bond donors (Lipinski definition) is 2. The second-order valence-electron chi connectivity index (χ2n) is 35.1. The highest BCUT2D eigenvalue weighted by Crippen LogP contribution is 2.59. The second kappa shape index (κ2) is 33.0. The number of ketones is 2. The largest absolute Gasteiger partial charge is 0.471 e. The van der Waals surface area contributed by atoms with Crippen molar-refractivity contribution in [1.82, 2.24) is 38.8 Å². The number of aromatic nitrogens is 4. The molecule has 34 heteroatoms. The van der Waals surface area contributed by atoms with Gasteiger partial charge in [-0.15, -0.1) is 10.2 Å². The van der Waals surface area contributed by atoms with Crippen molar-refractivity contribution < 1.29 is 100 Å². The van der Waals surface area contributed by atoms with Crippen molar-refractivity contribution in [3.05, 3.63) is 93.5 Å². The number of benzene rings is 2. The Morgan fingerprint density at radius 3 is 1.18 bits per heavy atom. The van der Waals surface area contributed by atoms with E-state index in [2.05, 4.69) is 19.6 Å². The minimum Gasteiger partial charge on any atom is -0.471 e. The molecule has 2 aromatic heterocycles. The third-order valence-electron chi connectivity index (χ3n) is 25.3. The number of sulfonamides is 2. The van der Waals surface area contributed by atoms with Crippen LogP contribution in [-0.4, -0.2) is 164 Å². The van der Waals surface area contributed by atoms with E-state index >= 15 is 0 Å². The van der Waals surface area contributed by atoms with Crippen molar-refractivity contribution in [3.63, 3.8) is 0 Å². The first kappa shape index (κ1) is 88.3. The first-order chi connectivity index (χ1) is 54.0. The van der Waals surface area contributed by atoms with Gasteiger partial charge in [0.05, 0.1) is 91.7 Å². The molecule has 636 valence electrons. The molecule has 14 atom stereocenters. The Balaban J connectivity index is 0.000000228. The van der Waals surface area contributed by atoms with E-state index in [-0.39, 0.29) is 86.6 Å². The van der Waals surface area contributed by atoms with Crippen LogP contribution in [0.15, 0.2) is 82.4 Å². The van der Waals surface area contributed by atoms with Gasteiger partial charge in [0.2, 0.25) is 66.6 Å². The van der Waals surface area contributed by atoms with Crippen LogP contribution < -0.4 is 30.0 Å². The Kier molecular flexibility index (Phi) is 25.1. The first-order valence-corrected chi connectivity index (χ1v) is 43.0. The van der Waals surface area contributed by atoms with Gasteiger partial charge < -0.3 is 28.7 Å². The molecule has 4 aromatic rings. The minimum atomic E-state index is -4.88. The average molecular weight is 1670 g/mol. The predicted octanol–water partition coefficient (Wildman–Crippen LogP) is 11.3. The number of aryl methyl sites for hydroxylation is 2. The number of allylic oxidation sites excluding steroid dienone is 4. The highest BCUT2D eigenvalue weighted by molar-refractivity contribution is 7.92. The fraction of sp³-hybridized carbons (Fsp3) is 0.659. The summed E-state index contributed by atoms with van der Waals surface area (Å²) in [4.78, 5) is 142. The first-order valence-electron chi connectivity index (χ1n) is 40.1. The molecule has 26 nitrogen and oxygen atoms in total. The lowest BCUT2D eigenvalue weighted by atomic mass is 9.82. The number of nitrogens with zero attached hydrogens (tertiary/aromatic N) is 6. The molecule has 6 fully saturated rings. The number of carbonyl (C=O) groups is 8. The van der Waals surface area contributed by atoms with Crippen LogP contribution in [0.5, 0.6) is 11.8 Å². The maximum Gasteiger partial charge on any atom is 0.427 e. The molecule has 2 saturated heterocycles. The number of nitrogens with one attached hydrogen (secondary N) is 2. The van der Waals surface area contributed by atoms with Crippen LogP contribution in [-0.2, 0) is 81.0 Å². The van der Waals surface area contributed by atoms with Crippen LogP contribution in [0.2, 0.25) is 0 Å². The summed E-state index contributed by atoms with van der Waals surface area (Å²) >= 11 is 0. The molecule has 0 bridgehead atoms. The van der Waals surface area contributed by atoms with Gasteiger partial charge in [0.25, 0.3) is 11.1 Å². The van der Waals surface area contributed by atoms with Crippen molar-refractivity contribution >= 4 is 88.7 Å². The maximum atomic E-state index is 14.8. The summed E-state index contributed by atoms with van der Waals surface area (Å²) in [5.41, 5.74) is -9.14. The Labute approximate surface area is 670 Å². The van der Waals surface area contributed by atoms with Crippen LogP contribution >= 0.6 is 0 Å². The Morgan fingerprint density at radius 2 is 0.862 bits per heavy atom. The molecule has 116 heavy (non-hydrogen) atoms. The van der Waals surface area contributed by atoms with Crippen LogP contribution in [0.25, 0.3) is 21.5 Å². The maximum absolute atomic E-state index is 14.8. The summed E-state index contributed by atoms with van der Waals surface area (Å²) < 4.78 is 163. The van der Waals surface area contributed by atoms with Crippen molar-refractivity contribution in [2.75, 3.05) is 13.1 Å². The van der Waals surface area contributed by atoms with Gasteiger partial charge in [-0.25, -0.2) is 26.2 Å². The van der Waals surface area contributed by atoms with Crippen LogP contribution in [0.3, 0.4) is 0 Å². The molecule has 2 aromatic carbocycles. The Hall–Kier alpha value is -8.56. The molecule has 4 saturated carbocycles. The monoisotopic (exact) mass is 1670 g/mol. The van der Waals surface area contributed by atoms with E-state index in [0.717, 1.165) is 27.7 Å². The van der Waals surface area contributed by atoms with Gasteiger partial charge in [-0.3, -0.25) is 57.4 Å².